The molecule has 0 aliphatic carbocycles. The third kappa shape index (κ3) is 2.74. The number of amides is 1. The SMILES string of the molecule is Cc1csc(-c2ccc(C(=O)N3CCC[C@H]3C(=O)O)cc2)n1. The lowest BCUT2D eigenvalue weighted by molar-refractivity contribution is -0.141. The van der Waals surface area contributed by atoms with E-state index < -0.39 is 12.0 Å². The van der Waals surface area contributed by atoms with E-state index in [4.69, 9.17) is 0 Å². The van der Waals surface area contributed by atoms with Gasteiger partial charge in [-0.25, -0.2) is 9.78 Å². The molecule has 1 aliphatic rings. The number of hydrogen-bond acceptors (Lipinski definition) is 4. The number of carboxylic acids is 1. The summed E-state index contributed by atoms with van der Waals surface area (Å²) in [6, 6.07) is 6.50. The number of aryl methyl sites for hydroxylation is 1. The van der Waals surface area contributed by atoms with Gasteiger partial charge < -0.3 is 10.0 Å². The van der Waals surface area contributed by atoms with Crippen molar-refractivity contribution < 1.29 is 14.7 Å². The molecule has 1 aromatic carbocycles. The van der Waals surface area contributed by atoms with Crippen LogP contribution >= 0.6 is 11.3 Å². The molecule has 5 nitrogen and oxygen atoms in total. The number of carbonyl (C=O) groups excluding carboxylic acids is 1. The van der Waals surface area contributed by atoms with Crippen LogP contribution in [0.1, 0.15) is 28.9 Å². The number of rotatable bonds is 3. The minimum Gasteiger partial charge on any atom is -0.480 e. The van der Waals surface area contributed by atoms with E-state index in [9.17, 15) is 14.7 Å². The summed E-state index contributed by atoms with van der Waals surface area (Å²) in [5, 5.41) is 12.1. The molecule has 1 fully saturated rings. The molecule has 0 spiro atoms. The largest absolute Gasteiger partial charge is 0.480 e. The van der Waals surface area contributed by atoms with Crippen molar-refractivity contribution in [3.05, 3.63) is 40.9 Å². The molecule has 1 aliphatic heterocycles. The van der Waals surface area contributed by atoms with Crippen LogP contribution in [0.15, 0.2) is 29.6 Å². The van der Waals surface area contributed by atoms with Crippen molar-refractivity contribution in [3.63, 3.8) is 0 Å². The van der Waals surface area contributed by atoms with Crippen molar-refractivity contribution in [2.24, 2.45) is 0 Å². The summed E-state index contributed by atoms with van der Waals surface area (Å²) in [5.74, 6) is -1.15. The Kier molecular flexibility index (Phi) is 3.94. The van der Waals surface area contributed by atoms with Crippen molar-refractivity contribution >= 4 is 23.2 Å². The molecule has 1 N–H and O–H groups in total. The molecule has 0 unspecified atom stereocenters. The fourth-order valence-electron chi connectivity index (χ4n) is 2.67. The van der Waals surface area contributed by atoms with Gasteiger partial charge in [-0.05, 0) is 31.9 Å². The molecular formula is C16H16N2O3S. The predicted octanol–water partition coefficient (Wildman–Crippen LogP) is 2.81. The molecule has 0 saturated carbocycles. The van der Waals surface area contributed by atoms with Gasteiger partial charge in [0.25, 0.3) is 5.91 Å². The Balaban J connectivity index is 1.80. The highest BCUT2D eigenvalue weighted by Gasteiger charge is 2.34. The fourth-order valence-corrected chi connectivity index (χ4v) is 3.48. The van der Waals surface area contributed by atoms with E-state index in [2.05, 4.69) is 4.98 Å². The van der Waals surface area contributed by atoms with Gasteiger partial charge in [-0.3, -0.25) is 4.79 Å². The molecule has 3 rings (SSSR count). The van der Waals surface area contributed by atoms with E-state index in [1.165, 1.54) is 4.90 Å². The lowest BCUT2D eigenvalue weighted by Gasteiger charge is -2.21. The molecule has 114 valence electrons. The first-order valence-corrected chi connectivity index (χ1v) is 8.00. The van der Waals surface area contributed by atoms with Crippen LogP contribution in [-0.4, -0.2) is 39.5 Å². The minimum absolute atomic E-state index is 0.216. The maximum absolute atomic E-state index is 12.5. The van der Waals surface area contributed by atoms with E-state index in [1.54, 1.807) is 23.5 Å². The van der Waals surface area contributed by atoms with Crippen molar-refractivity contribution in [3.8, 4) is 10.6 Å². The third-order valence-electron chi connectivity index (χ3n) is 3.80. The van der Waals surface area contributed by atoms with Crippen LogP contribution in [0, 0.1) is 6.92 Å². The summed E-state index contributed by atoms with van der Waals surface area (Å²) in [7, 11) is 0. The standard InChI is InChI=1S/C16H16N2O3S/c1-10-9-22-14(17-10)11-4-6-12(7-5-11)15(19)18-8-2-3-13(18)16(20)21/h4-7,9,13H,2-3,8H2,1H3,(H,20,21)/t13-/m0/s1. The summed E-state index contributed by atoms with van der Waals surface area (Å²) < 4.78 is 0. The Bertz CT molecular complexity index is 708. The summed E-state index contributed by atoms with van der Waals surface area (Å²) in [5.41, 5.74) is 2.46. The Hall–Kier alpha value is -2.21. The monoisotopic (exact) mass is 316 g/mol. The second-order valence-electron chi connectivity index (χ2n) is 5.37. The average molecular weight is 316 g/mol. The highest BCUT2D eigenvalue weighted by molar-refractivity contribution is 7.13. The molecular weight excluding hydrogens is 300 g/mol. The molecule has 1 amide bonds. The average Bonchev–Trinajstić information content (AvgIpc) is 3.15. The van der Waals surface area contributed by atoms with Gasteiger partial charge in [0.2, 0.25) is 0 Å². The van der Waals surface area contributed by atoms with Crippen LogP contribution < -0.4 is 0 Å². The van der Waals surface area contributed by atoms with Gasteiger partial charge >= 0.3 is 5.97 Å². The van der Waals surface area contributed by atoms with Crippen molar-refractivity contribution in [1.29, 1.82) is 0 Å². The number of aromatic nitrogens is 1. The molecule has 0 radical (unpaired) electrons. The number of carbonyl (C=O) groups is 2. The maximum atomic E-state index is 12.5. The zero-order chi connectivity index (χ0) is 15.7. The molecule has 2 heterocycles. The van der Waals surface area contributed by atoms with E-state index in [1.807, 2.05) is 24.4 Å². The number of hydrogen-bond donors (Lipinski definition) is 1. The molecule has 1 atom stereocenters. The highest BCUT2D eigenvalue weighted by atomic mass is 32.1. The first kappa shape index (κ1) is 14.7. The molecule has 1 saturated heterocycles. The number of nitrogens with zero attached hydrogens (tertiary/aromatic N) is 2. The molecule has 0 bridgehead atoms. The van der Waals surface area contributed by atoms with Gasteiger partial charge in [-0.1, -0.05) is 12.1 Å². The summed E-state index contributed by atoms with van der Waals surface area (Å²) in [4.78, 5) is 29.5. The van der Waals surface area contributed by atoms with E-state index >= 15 is 0 Å². The normalized spacial score (nSPS) is 17.7. The molecule has 22 heavy (non-hydrogen) atoms. The van der Waals surface area contributed by atoms with E-state index in [0.29, 0.717) is 18.5 Å². The molecule has 2 aromatic rings. The van der Waals surface area contributed by atoms with Crippen LogP contribution in [0.5, 0.6) is 0 Å². The molecule has 1 aromatic heterocycles. The summed E-state index contributed by atoms with van der Waals surface area (Å²) >= 11 is 1.56. The number of thiazole rings is 1. The van der Waals surface area contributed by atoms with Gasteiger partial charge in [-0.2, -0.15) is 0 Å². The zero-order valence-electron chi connectivity index (χ0n) is 12.2. The number of aliphatic carboxylic acids is 1. The Morgan fingerprint density at radius 2 is 2.05 bits per heavy atom. The van der Waals surface area contributed by atoms with Crippen LogP contribution in [0.25, 0.3) is 10.6 Å². The zero-order valence-corrected chi connectivity index (χ0v) is 13.0. The van der Waals surface area contributed by atoms with Crippen molar-refractivity contribution in [2.75, 3.05) is 6.54 Å². The second-order valence-corrected chi connectivity index (χ2v) is 6.22. The van der Waals surface area contributed by atoms with Gasteiger partial charge in [0.1, 0.15) is 11.0 Å². The van der Waals surface area contributed by atoms with Crippen molar-refractivity contribution in [1.82, 2.24) is 9.88 Å². The lowest BCUT2D eigenvalue weighted by Crippen LogP contribution is -2.40. The van der Waals surface area contributed by atoms with Crippen LogP contribution in [0.2, 0.25) is 0 Å². The van der Waals surface area contributed by atoms with Gasteiger partial charge in [0, 0.05) is 28.7 Å². The lowest BCUT2D eigenvalue weighted by atomic mass is 10.1. The van der Waals surface area contributed by atoms with Crippen molar-refractivity contribution in [2.45, 2.75) is 25.8 Å². The quantitative estimate of drug-likeness (QED) is 0.945. The second kappa shape index (κ2) is 5.88. The van der Waals surface area contributed by atoms with Crippen LogP contribution in [0.4, 0.5) is 0 Å². The van der Waals surface area contributed by atoms with Gasteiger partial charge in [0.05, 0.1) is 0 Å². The van der Waals surface area contributed by atoms with Crippen LogP contribution in [0.3, 0.4) is 0 Å². The Morgan fingerprint density at radius 3 is 2.64 bits per heavy atom. The topological polar surface area (TPSA) is 70.5 Å². The maximum Gasteiger partial charge on any atom is 0.326 e. The first-order chi connectivity index (χ1) is 10.6. The number of benzene rings is 1. The summed E-state index contributed by atoms with van der Waals surface area (Å²) in [6.07, 6.45) is 1.26. The number of carboxylic acid groups (broad SMARTS) is 1. The van der Waals surface area contributed by atoms with E-state index in [0.717, 1.165) is 22.7 Å². The predicted molar refractivity (Wildman–Crippen MR) is 84.0 cm³/mol. The minimum atomic E-state index is -0.930. The Labute approximate surface area is 132 Å². The summed E-state index contributed by atoms with van der Waals surface area (Å²) in [6.45, 7) is 2.44. The first-order valence-electron chi connectivity index (χ1n) is 7.12. The molecule has 6 heteroatoms. The number of likely N-dealkylation sites (tertiary alicyclic amines) is 1. The van der Waals surface area contributed by atoms with Crippen LogP contribution in [-0.2, 0) is 4.79 Å². The Morgan fingerprint density at radius 1 is 1.32 bits per heavy atom. The van der Waals surface area contributed by atoms with Gasteiger partial charge in [-0.15, -0.1) is 11.3 Å². The highest BCUT2D eigenvalue weighted by Crippen LogP contribution is 2.25. The third-order valence-corrected chi connectivity index (χ3v) is 4.81. The smallest absolute Gasteiger partial charge is 0.326 e. The fraction of sp³-hybridized carbons (Fsp3) is 0.312. The van der Waals surface area contributed by atoms with E-state index in [-0.39, 0.29) is 5.91 Å². The van der Waals surface area contributed by atoms with Gasteiger partial charge in [0.15, 0.2) is 0 Å².